The molecule has 0 aliphatic rings. The van der Waals surface area contributed by atoms with Crippen LogP contribution in [0.1, 0.15) is 37.6 Å². The van der Waals surface area contributed by atoms with Gasteiger partial charge in [-0.2, -0.15) is 9.78 Å². The van der Waals surface area contributed by atoms with Gasteiger partial charge in [0.15, 0.2) is 12.4 Å². The zero-order valence-corrected chi connectivity index (χ0v) is 18.8. The Morgan fingerprint density at radius 1 is 1.38 bits per heavy atom. The minimum Gasteiger partial charge on any atom is -0.479 e. The van der Waals surface area contributed by atoms with Crippen LogP contribution in [-0.4, -0.2) is 38.5 Å². The minimum atomic E-state index is -1.25. The van der Waals surface area contributed by atoms with E-state index in [0.717, 1.165) is 10.9 Å². The molecule has 0 bridgehead atoms. The van der Waals surface area contributed by atoms with Crippen molar-refractivity contribution in [2.45, 2.75) is 26.2 Å². The summed E-state index contributed by atoms with van der Waals surface area (Å²) >= 11 is 3.35. The molecule has 11 heteroatoms. The predicted molar refractivity (Wildman–Crippen MR) is 122 cm³/mol. The molecule has 0 saturated heterocycles. The summed E-state index contributed by atoms with van der Waals surface area (Å²) in [5.74, 6) is -1.02. The van der Waals surface area contributed by atoms with Gasteiger partial charge in [0.25, 0.3) is 5.56 Å². The zero-order valence-electron chi connectivity index (χ0n) is 17.2. The van der Waals surface area contributed by atoms with Crippen LogP contribution in [0.2, 0.25) is 0 Å². The van der Waals surface area contributed by atoms with Crippen LogP contribution in [0.4, 0.5) is 5.69 Å². The van der Waals surface area contributed by atoms with E-state index in [4.69, 9.17) is 9.84 Å². The first-order chi connectivity index (χ1) is 15.2. The average molecular weight is 503 g/mol. The van der Waals surface area contributed by atoms with Gasteiger partial charge in [-0.1, -0.05) is 29.8 Å². The van der Waals surface area contributed by atoms with Crippen LogP contribution in [-0.2, 0) is 4.79 Å². The number of aliphatic carboxylic acids is 1. The molecule has 0 fully saturated rings. The largest absolute Gasteiger partial charge is 0.479 e. The van der Waals surface area contributed by atoms with Crippen molar-refractivity contribution in [2.24, 2.45) is 5.10 Å². The van der Waals surface area contributed by atoms with Crippen molar-refractivity contribution in [1.82, 2.24) is 9.66 Å². The van der Waals surface area contributed by atoms with Crippen LogP contribution < -0.4 is 10.3 Å². The molecule has 32 heavy (non-hydrogen) atoms. The molecule has 10 nitrogen and oxygen atoms in total. The van der Waals surface area contributed by atoms with Crippen LogP contribution in [0.25, 0.3) is 10.9 Å². The highest BCUT2D eigenvalue weighted by Crippen LogP contribution is 2.27. The molecule has 1 N–H and O–H groups in total. The Labute approximate surface area is 190 Å². The fraction of sp³-hybridized carbons (Fsp3) is 0.238. The van der Waals surface area contributed by atoms with Gasteiger partial charge in [-0.05, 0) is 36.8 Å². The number of fused-ring (bicyclic) bond motifs is 1. The number of nitro benzene ring substituents is 1. The van der Waals surface area contributed by atoms with Gasteiger partial charge in [0, 0.05) is 22.0 Å². The molecule has 1 aromatic heterocycles. The van der Waals surface area contributed by atoms with Gasteiger partial charge in [0.05, 0.1) is 22.0 Å². The van der Waals surface area contributed by atoms with E-state index in [1.165, 1.54) is 29.1 Å². The maximum Gasteiger partial charge on any atom is 0.341 e. The van der Waals surface area contributed by atoms with E-state index >= 15 is 0 Å². The van der Waals surface area contributed by atoms with Gasteiger partial charge in [0.2, 0.25) is 0 Å². The van der Waals surface area contributed by atoms with E-state index < -0.39 is 23.2 Å². The van der Waals surface area contributed by atoms with Gasteiger partial charge >= 0.3 is 11.7 Å². The van der Waals surface area contributed by atoms with E-state index in [1.807, 2.05) is 13.8 Å². The molecule has 3 aromatic rings. The lowest BCUT2D eigenvalue weighted by molar-refractivity contribution is -0.385. The highest BCUT2D eigenvalue weighted by Gasteiger charge is 2.18. The maximum atomic E-state index is 13.1. The number of nitrogens with zero attached hydrogens (tertiary/aromatic N) is 4. The molecule has 166 valence electrons. The molecule has 0 unspecified atom stereocenters. The number of carbonyl (C=O) groups is 1. The first-order valence-electron chi connectivity index (χ1n) is 9.60. The van der Waals surface area contributed by atoms with E-state index in [9.17, 15) is 19.7 Å². The highest BCUT2D eigenvalue weighted by atomic mass is 79.9. The SMILES string of the molecule is CC[C@H](C)c1nc2ccc(Br)cc2c(=O)n1N=Cc1ccc(OCC(=O)O)c([N+](=O)[O-])c1. The summed E-state index contributed by atoms with van der Waals surface area (Å²) in [5, 5.41) is 24.7. The van der Waals surface area contributed by atoms with Gasteiger partial charge in [-0.3, -0.25) is 14.9 Å². The van der Waals surface area contributed by atoms with Gasteiger partial charge in [-0.15, -0.1) is 0 Å². The summed E-state index contributed by atoms with van der Waals surface area (Å²) in [4.78, 5) is 39.1. The standard InChI is InChI=1S/C21H19BrN4O6/c1-3-12(2)20-24-16-6-5-14(22)9-15(16)21(29)25(20)23-10-13-4-7-18(32-11-19(27)28)17(8-13)26(30)31/h4-10,12H,3,11H2,1-2H3,(H,27,28)/t12-/m0/s1. The molecule has 0 saturated carbocycles. The summed E-state index contributed by atoms with van der Waals surface area (Å²) in [6.45, 7) is 3.19. The minimum absolute atomic E-state index is 0.0611. The Morgan fingerprint density at radius 2 is 2.12 bits per heavy atom. The Balaban J connectivity index is 2.08. The normalized spacial score (nSPS) is 12.2. The van der Waals surface area contributed by atoms with Gasteiger partial charge < -0.3 is 9.84 Å². The molecule has 0 amide bonds. The van der Waals surface area contributed by atoms with Crippen LogP contribution in [0.15, 0.2) is 50.8 Å². The van der Waals surface area contributed by atoms with Crippen molar-refractivity contribution >= 4 is 44.7 Å². The number of hydrogen-bond acceptors (Lipinski definition) is 7. The molecule has 1 atom stereocenters. The first kappa shape index (κ1) is 23.1. The van der Waals surface area contributed by atoms with Crippen molar-refractivity contribution in [2.75, 3.05) is 6.61 Å². The van der Waals surface area contributed by atoms with Crippen molar-refractivity contribution < 1.29 is 19.6 Å². The number of ether oxygens (including phenoxy) is 1. The van der Waals surface area contributed by atoms with Crippen LogP contribution in [0.3, 0.4) is 0 Å². The lowest BCUT2D eigenvalue weighted by Gasteiger charge is -2.14. The van der Waals surface area contributed by atoms with Crippen LogP contribution in [0.5, 0.6) is 5.75 Å². The zero-order chi connectivity index (χ0) is 23.4. The summed E-state index contributed by atoms with van der Waals surface area (Å²) in [6, 6.07) is 9.18. The quantitative estimate of drug-likeness (QED) is 0.279. The number of benzene rings is 2. The van der Waals surface area contributed by atoms with Crippen LogP contribution in [0, 0.1) is 10.1 Å². The smallest absolute Gasteiger partial charge is 0.341 e. The van der Waals surface area contributed by atoms with Gasteiger partial charge in [-0.25, -0.2) is 9.78 Å². The number of nitro groups is 1. The van der Waals surface area contributed by atoms with Crippen molar-refractivity contribution in [3.8, 4) is 5.75 Å². The topological polar surface area (TPSA) is 137 Å². The third kappa shape index (κ3) is 4.99. The number of rotatable bonds is 8. The number of aromatic nitrogens is 2. The molecule has 0 spiro atoms. The van der Waals surface area contributed by atoms with Crippen molar-refractivity contribution in [1.29, 1.82) is 0 Å². The Bertz CT molecular complexity index is 1290. The van der Waals surface area contributed by atoms with Crippen molar-refractivity contribution in [3.63, 3.8) is 0 Å². The molecule has 0 aliphatic carbocycles. The van der Waals surface area contributed by atoms with Crippen LogP contribution >= 0.6 is 15.9 Å². The monoisotopic (exact) mass is 502 g/mol. The maximum absolute atomic E-state index is 13.1. The molecular formula is C21H19BrN4O6. The fourth-order valence-corrected chi connectivity index (χ4v) is 3.28. The molecular weight excluding hydrogens is 484 g/mol. The van der Waals surface area contributed by atoms with E-state index in [-0.39, 0.29) is 17.2 Å². The van der Waals surface area contributed by atoms with Crippen molar-refractivity contribution in [3.05, 3.63) is 72.7 Å². The van der Waals surface area contributed by atoms with E-state index in [1.54, 1.807) is 18.2 Å². The average Bonchev–Trinajstić information content (AvgIpc) is 2.76. The molecule has 0 radical (unpaired) electrons. The second-order valence-corrected chi connectivity index (χ2v) is 7.88. The molecule has 1 heterocycles. The highest BCUT2D eigenvalue weighted by molar-refractivity contribution is 9.10. The van der Waals surface area contributed by atoms with E-state index in [0.29, 0.717) is 22.3 Å². The lowest BCUT2D eigenvalue weighted by Crippen LogP contribution is -2.23. The molecule has 2 aromatic carbocycles. The molecule has 0 aliphatic heterocycles. The van der Waals surface area contributed by atoms with E-state index in [2.05, 4.69) is 26.0 Å². The van der Waals surface area contributed by atoms with Gasteiger partial charge in [0.1, 0.15) is 5.82 Å². The number of carboxylic acid groups (broad SMARTS) is 1. The third-order valence-electron chi connectivity index (χ3n) is 4.74. The first-order valence-corrected chi connectivity index (χ1v) is 10.4. The summed E-state index contributed by atoms with van der Waals surface area (Å²) in [7, 11) is 0. The number of carboxylic acids is 1. The summed E-state index contributed by atoms with van der Waals surface area (Å²) in [6.07, 6.45) is 2.04. The summed E-state index contributed by atoms with van der Waals surface area (Å²) < 4.78 is 6.89. The summed E-state index contributed by atoms with van der Waals surface area (Å²) in [5.41, 5.74) is 0.107. The Morgan fingerprint density at radius 3 is 2.78 bits per heavy atom. The number of hydrogen-bond donors (Lipinski definition) is 1. The lowest BCUT2D eigenvalue weighted by atomic mass is 10.1. The Hall–Kier alpha value is -3.60. The second-order valence-electron chi connectivity index (χ2n) is 6.97. The third-order valence-corrected chi connectivity index (χ3v) is 5.23. The molecule has 3 rings (SSSR count). The predicted octanol–water partition coefficient (Wildman–Crippen LogP) is 3.93. The fourth-order valence-electron chi connectivity index (χ4n) is 2.92. The number of halogens is 1. The Kier molecular flexibility index (Phi) is 6.98. The second kappa shape index (κ2) is 9.69.